The third-order valence-corrected chi connectivity index (χ3v) is 5.53. The lowest BCUT2D eigenvalue weighted by atomic mass is 9.56. The predicted octanol–water partition coefficient (Wildman–Crippen LogP) is 3.04. The van der Waals surface area contributed by atoms with E-state index in [9.17, 15) is 9.59 Å². The fraction of sp³-hybridized carbons (Fsp3) is 0.750. The minimum absolute atomic E-state index is 0.0849. The molecule has 3 atom stereocenters. The van der Waals surface area contributed by atoms with Gasteiger partial charge < -0.3 is 4.74 Å². The summed E-state index contributed by atoms with van der Waals surface area (Å²) < 4.78 is 5.21. The Morgan fingerprint density at radius 2 is 2.26 bits per heavy atom. The standard InChI is InChI=1S/C16H22O3/c1-3-19-15(18)12-9-16-6-4-5-13(16)14(17)7-11(8-16)10(12)2/h11,13H,3-9H2,1-2H3. The first-order valence-corrected chi connectivity index (χ1v) is 7.47. The van der Waals surface area contributed by atoms with Gasteiger partial charge in [0, 0.05) is 17.9 Å². The SMILES string of the molecule is CCOC(=O)C1=C(C)C2CC(=O)C3CCCC3(C1)C2. The molecule has 2 fully saturated rings. The van der Waals surface area contributed by atoms with E-state index in [-0.39, 0.29) is 23.2 Å². The lowest BCUT2D eigenvalue weighted by Gasteiger charge is -2.47. The monoisotopic (exact) mass is 262 g/mol. The van der Waals surface area contributed by atoms with Gasteiger partial charge in [0.2, 0.25) is 0 Å². The average molecular weight is 262 g/mol. The Morgan fingerprint density at radius 1 is 1.47 bits per heavy atom. The van der Waals surface area contributed by atoms with Crippen LogP contribution < -0.4 is 0 Å². The van der Waals surface area contributed by atoms with Gasteiger partial charge in [-0.25, -0.2) is 4.79 Å². The molecule has 0 saturated heterocycles. The molecular formula is C16H22O3. The molecule has 3 aliphatic carbocycles. The van der Waals surface area contributed by atoms with E-state index in [1.165, 1.54) is 0 Å². The van der Waals surface area contributed by atoms with Crippen molar-refractivity contribution in [3.63, 3.8) is 0 Å². The van der Waals surface area contributed by atoms with E-state index in [2.05, 4.69) is 0 Å². The smallest absolute Gasteiger partial charge is 0.333 e. The molecule has 0 amide bonds. The second kappa shape index (κ2) is 4.46. The van der Waals surface area contributed by atoms with Crippen LogP contribution in [0.2, 0.25) is 0 Å². The lowest BCUT2D eigenvalue weighted by Crippen LogP contribution is -2.44. The number of ketones is 1. The molecule has 0 aromatic rings. The molecule has 0 N–H and O–H groups in total. The summed E-state index contributed by atoms with van der Waals surface area (Å²) >= 11 is 0. The second-order valence-corrected chi connectivity index (χ2v) is 6.44. The number of Topliss-reactive ketones (excluding diaryl/α,β-unsaturated/α-hetero) is 1. The molecule has 0 aliphatic heterocycles. The van der Waals surface area contributed by atoms with Crippen molar-refractivity contribution in [2.45, 2.75) is 52.4 Å². The topological polar surface area (TPSA) is 43.4 Å². The molecule has 3 heteroatoms. The number of rotatable bonds is 2. The quantitative estimate of drug-likeness (QED) is 0.718. The fourth-order valence-electron chi connectivity index (χ4n) is 4.61. The highest BCUT2D eigenvalue weighted by Gasteiger charge is 2.54. The maximum atomic E-state index is 12.3. The number of carbonyl (C=O) groups is 2. The van der Waals surface area contributed by atoms with Gasteiger partial charge in [-0.15, -0.1) is 0 Å². The summed E-state index contributed by atoms with van der Waals surface area (Å²) in [6.07, 6.45) is 5.79. The Morgan fingerprint density at radius 3 is 3.00 bits per heavy atom. The third kappa shape index (κ3) is 1.86. The van der Waals surface area contributed by atoms with Crippen LogP contribution >= 0.6 is 0 Å². The van der Waals surface area contributed by atoms with Crippen LogP contribution in [0.5, 0.6) is 0 Å². The number of esters is 1. The Balaban J connectivity index is 1.97. The summed E-state index contributed by atoms with van der Waals surface area (Å²) in [4.78, 5) is 24.4. The van der Waals surface area contributed by atoms with E-state index >= 15 is 0 Å². The molecule has 3 nitrogen and oxygen atoms in total. The van der Waals surface area contributed by atoms with Crippen molar-refractivity contribution < 1.29 is 14.3 Å². The molecule has 0 aromatic heterocycles. The van der Waals surface area contributed by atoms with Crippen LogP contribution in [0.25, 0.3) is 0 Å². The van der Waals surface area contributed by atoms with E-state index in [0.717, 1.165) is 43.3 Å². The maximum absolute atomic E-state index is 12.3. The summed E-state index contributed by atoms with van der Waals surface area (Å²) in [5, 5.41) is 0. The van der Waals surface area contributed by atoms with Crippen LogP contribution in [0.1, 0.15) is 52.4 Å². The largest absolute Gasteiger partial charge is 0.463 e. The van der Waals surface area contributed by atoms with Crippen molar-refractivity contribution in [2.75, 3.05) is 6.61 Å². The third-order valence-electron chi connectivity index (χ3n) is 5.53. The molecule has 104 valence electrons. The molecule has 0 aromatic carbocycles. The lowest BCUT2D eigenvalue weighted by molar-refractivity contribution is -0.141. The second-order valence-electron chi connectivity index (χ2n) is 6.44. The summed E-state index contributed by atoms with van der Waals surface area (Å²) in [7, 11) is 0. The Hall–Kier alpha value is -1.12. The van der Waals surface area contributed by atoms with Gasteiger partial charge >= 0.3 is 5.97 Å². The van der Waals surface area contributed by atoms with Gasteiger partial charge in [-0.2, -0.15) is 0 Å². The van der Waals surface area contributed by atoms with E-state index in [0.29, 0.717) is 18.8 Å². The van der Waals surface area contributed by atoms with Gasteiger partial charge in [-0.3, -0.25) is 4.79 Å². The molecule has 2 saturated carbocycles. The van der Waals surface area contributed by atoms with Crippen LogP contribution in [0.15, 0.2) is 11.1 Å². The number of fused-ring (bicyclic) bond motifs is 1. The summed E-state index contributed by atoms with van der Waals surface area (Å²) in [6.45, 7) is 4.29. The first-order valence-electron chi connectivity index (χ1n) is 7.47. The Labute approximate surface area is 114 Å². The van der Waals surface area contributed by atoms with E-state index in [1.807, 2.05) is 13.8 Å². The minimum atomic E-state index is -0.149. The molecule has 3 aliphatic rings. The molecule has 0 radical (unpaired) electrons. The normalized spacial score (nSPS) is 37.3. The van der Waals surface area contributed by atoms with Gasteiger partial charge in [0.15, 0.2) is 0 Å². The molecule has 2 bridgehead atoms. The van der Waals surface area contributed by atoms with E-state index in [1.54, 1.807) is 0 Å². The van der Waals surface area contributed by atoms with E-state index in [4.69, 9.17) is 4.74 Å². The molecule has 0 heterocycles. The van der Waals surface area contributed by atoms with Crippen molar-refractivity contribution in [1.82, 2.24) is 0 Å². The van der Waals surface area contributed by atoms with Crippen LogP contribution in [0, 0.1) is 17.3 Å². The van der Waals surface area contributed by atoms with E-state index < -0.39 is 0 Å². The van der Waals surface area contributed by atoms with Crippen molar-refractivity contribution in [1.29, 1.82) is 0 Å². The number of hydrogen-bond donors (Lipinski definition) is 0. The van der Waals surface area contributed by atoms with Crippen molar-refractivity contribution >= 4 is 11.8 Å². The highest BCUT2D eigenvalue weighted by atomic mass is 16.5. The fourth-order valence-corrected chi connectivity index (χ4v) is 4.61. The maximum Gasteiger partial charge on any atom is 0.333 e. The van der Waals surface area contributed by atoms with Gasteiger partial charge in [-0.05, 0) is 50.9 Å². The van der Waals surface area contributed by atoms with Gasteiger partial charge in [0.05, 0.1) is 6.61 Å². The first-order chi connectivity index (χ1) is 9.07. The van der Waals surface area contributed by atoms with Crippen LogP contribution in [0.3, 0.4) is 0 Å². The molecule has 19 heavy (non-hydrogen) atoms. The minimum Gasteiger partial charge on any atom is -0.463 e. The number of allylic oxidation sites excluding steroid dienone is 1. The highest BCUT2D eigenvalue weighted by Crippen LogP contribution is 2.59. The Bertz CT molecular complexity index is 463. The zero-order chi connectivity index (χ0) is 13.6. The molecule has 3 rings (SSSR count). The number of ether oxygens (including phenoxy) is 1. The molecule has 1 spiro atoms. The van der Waals surface area contributed by atoms with Gasteiger partial charge in [0.1, 0.15) is 5.78 Å². The van der Waals surface area contributed by atoms with Crippen molar-refractivity contribution in [3.8, 4) is 0 Å². The van der Waals surface area contributed by atoms with Crippen LogP contribution in [0.4, 0.5) is 0 Å². The molecule has 3 unspecified atom stereocenters. The summed E-state index contributed by atoms with van der Waals surface area (Å²) in [5.41, 5.74) is 2.07. The predicted molar refractivity (Wildman–Crippen MR) is 71.5 cm³/mol. The summed E-state index contributed by atoms with van der Waals surface area (Å²) in [5.74, 6) is 0.788. The summed E-state index contributed by atoms with van der Waals surface area (Å²) in [6, 6.07) is 0. The first kappa shape index (κ1) is 12.9. The molecular weight excluding hydrogens is 240 g/mol. The average Bonchev–Trinajstić information content (AvgIpc) is 2.78. The Kier molecular flexibility index (Phi) is 3.03. The van der Waals surface area contributed by atoms with Crippen LogP contribution in [-0.4, -0.2) is 18.4 Å². The zero-order valence-electron chi connectivity index (χ0n) is 11.8. The van der Waals surface area contributed by atoms with Crippen molar-refractivity contribution in [2.24, 2.45) is 17.3 Å². The van der Waals surface area contributed by atoms with Crippen LogP contribution in [-0.2, 0) is 14.3 Å². The zero-order valence-corrected chi connectivity index (χ0v) is 11.8. The number of hydrogen-bond acceptors (Lipinski definition) is 3. The van der Waals surface area contributed by atoms with Gasteiger partial charge in [0.25, 0.3) is 0 Å². The highest BCUT2D eigenvalue weighted by molar-refractivity contribution is 5.92. The van der Waals surface area contributed by atoms with Gasteiger partial charge in [-0.1, -0.05) is 12.0 Å². The number of carbonyl (C=O) groups excluding carboxylic acids is 2. The van der Waals surface area contributed by atoms with Crippen molar-refractivity contribution in [3.05, 3.63) is 11.1 Å².